The molecule has 0 unspecified atom stereocenters. The van der Waals surface area contributed by atoms with Crippen molar-refractivity contribution in [2.24, 2.45) is 5.92 Å². The van der Waals surface area contributed by atoms with Gasteiger partial charge in [-0.3, -0.25) is 4.79 Å². The fourth-order valence-electron chi connectivity index (χ4n) is 1.86. The molecular weight excluding hydrogens is 252 g/mol. The number of hydrogen-bond acceptors (Lipinski definition) is 3. The highest BCUT2D eigenvalue weighted by Gasteiger charge is 2.12. The van der Waals surface area contributed by atoms with Crippen molar-refractivity contribution in [3.63, 3.8) is 0 Å². The van der Waals surface area contributed by atoms with E-state index in [9.17, 15) is 4.79 Å². The summed E-state index contributed by atoms with van der Waals surface area (Å²) in [5.74, 6) is 1.25. The molecule has 0 aliphatic rings. The maximum absolute atomic E-state index is 11.8. The molecule has 0 fully saturated rings. The van der Waals surface area contributed by atoms with E-state index >= 15 is 0 Å². The molecular formula is C17H26O3. The third-order valence-corrected chi connectivity index (χ3v) is 2.92. The largest absolute Gasteiger partial charge is 0.426 e. The van der Waals surface area contributed by atoms with Gasteiger partial charge in [0.15, 0.2) is 0 Å². The highest BCUT2D eigenvalue weighted by molar-refractivity contribution is 5.73. The van der Waals surface area contributed by atoms with Crippen LogP contribution in [0.5, 0.6) is 5.75 Å². The predicted molar refractivity (Wildman–Crippen MR) is 81.2 cm³/mol. The third kappa shape index (κ3) is 5.74. The molecule has 1 rings (SSSR count). The molecule has 112 valence electrons. The van der Waals surface area contributed by atoms with Gasteiger partial charge in [0.05, 0.1) is 13.0 Å². The van der Waals surface area contributed by atoms with E-state index in [1.165, 1.54) is 0 Å². The van der Waals surface area contributed by atoms with Crippen molar-refractivity contribution in [1.82, 2.24) is 0 Å². The lowest BCUT2D eigenvalue weighted by atomic mass is 10.0. The van der Waals surface area contributed by atoms with Gasteiger partial charge in [-0.2, -0.15) is 0 Å². The topological polar surface area (TPSA) is 35.5 Å². The van der Waals surface area contributed by atoms with E-state index in [1.54, 1.807) is 0 Å². The number of rotatable bonds is 7. The smallest absolute Gasteiger partial charge is 0.313 e. The Kier molecular flexibility index (Phi) is 6.73. The first-order valence-corrected chi connectivity index (χ1v) is 7.29. The third-order valence-electron chi connectivity index (χ3n) is 2.92. The van der Waals surface area contributed by atoms with Crippen LogP contribution < -0.4 is 4.74 Å². The molecule has 0 atom stereocenters. The summed E-state index contributed by atoms with van der Waals surface area (Å²) in [5.41, 5.74) is 2.15. The Labute approximate surface area is 122 Å². The maximum atomic E-state index is 11.8. The van der Waals surface area contributed by atoms with Crippen LogP contribution in [0.15, 0.2) is 18.2 Å². The van der Waals surface area contributed by atoms with Crippen molar-refractivity contribution in [2.45, 2.75) is 47.0 Å². The van der Waals surface area contributed by atoms with Gasteiger partial charge in [0.2, 0.25) is 0 Å². The number of ether oxygens (including phenoxy) is 2. The molecule has 0 saturated carbocycles. The molecule has 0 aliphatic heterocycles. The zero-order valence-corrected chi connectivity index (χ0v) is 13.2. The summed E-state index contributed by atoms with van der Waals surface area (Å²) in [4.78, 5) is 11.8. The zero-order chi connectivity index (χ0) is 15.1. The lowest BCUT2D eigenvalue weighted by Gasteiger charge is -2.13. The normalized spacial score (nSPS) is 11.2. The monoisotopic (exact) mass is 278 g/mol. The molecule has 3 heteroatoms. The van der Waals surface area contributed by atoms with Crippen LogP contribution in [0.4, 0.5) is 0 Å². The molecule has 0 spiro atoms. The lowest BCUT2D eigenvalue weighted by molar-refractivity contribution is -0.135. The Morgan fingerprint density at radius 3 is 2.50 bits per heavy atom. The Bertz CT molecular complexity index is 436. The molecule has 0 aliphatic carbocycles. The first kappa shape index (κ1) is 16.7. The van der Waals surface area contributed by atoms with Crippen molar-refractivity contribution in [1.29, 1.82) is 0 Å². The summed E-state index contributed by atoms with van der Waals surface area (Å²) in [6.07, 6.45) is 0.290. The van der Waals surface area contributed by atoms with Crippen molar-refractivity contribution in [3.8, 4) is 5.75 Å². The van der Waals surface area contributed by atoms with E-state index < -0.39 is 0 Å². The van der Waals surface area contributed by atoms with Gasteiger partial charge in [-0.1, -0.05) is 39.8 Å². The average molecular weight is 278 g/mol. The molecule has 0 N–H and O–H groups in total. The van der Waals surface area contributed by atoms with Gasteiger partial charge in [-0.25, -0.2) is 0 Å². The number of benzene rings is 1. The second-order valence-electron chi connectivity index (χ2n) is 5.89. The molecule has 0 aromatic heterocycles. The summed E-state index contributed by atoms with van der Waals surface area (Å²) in [7, 11) is 0. The maximum Gasteiger partial charge on any atom is 0.313 e. The van der Waals surface area contributed by atoms with Gasteiger partial charge in [0.25, 0.3) is 0 Å². The fraction of sp³-hybridized carbons (Fsp3) is 0.588. The summed E-state index contributed by atoms with van der Waals surface area (Å²) in [6, 6.07) is 5.98. The Hall–Kier alpha value is -1.35. The SMILES string of the molecule is Cc1ccc(C(C)C)c(OC(=O)CCOCC(C)C)c1. The first-order valence-electron chi connectivity index (χ1n) is 7.29. The van der Waals surface area contributed by atoms with E-state index in [0.717, 1.165) is 11.1 Å². The Balaban J connectivity index is 2.55. The molecule has 0 saturated heterocycles. The van der Waals surface area contributed by atoms with Crippen molar-refractivity contribution in [3.05, 3.63) is 29.3 Å². The molecule has 0 bridgehead atoms. The minimum atomic E-state index is -0.235. The fourth-order valence-corrected chi connectivity index (χ4v) is 1.86. The standard InChI is InChI=1S/C17H26O3/c1-12(2)11-19-9-8-17(18)20-16-10-14(5)6-7-15(16)13(3)4/h6-7,10,12-13H,8-9,11H2,1-5H3. The van der Waals surface area contributed by atoms with E-state index in [-0.39, 0.29) is 12.4 Å². The summed E-state index contributed by atoms with van der Waals surface area (Å²) in [5, 5.41) is 0. The van der Waals surface area contributed by atoms with Crippen LogP contribution in [-0.4, -0.2) is 19.2 Å². The van der Waals surface area contributed by atoms with Gasteiger partial charge in [0, 0.05) is 6.61 Å². The Morgan fingerprint density at radius 2 is 1.90 bits per heavy atom. The number of esters is 1. The highest BCUT2D eigenvalue weighted by Crippen LogP contribution is 2.27. The van der Waals surface area contributed by atoms with Crippen LogP contribution in [0.3, 0.4) is 0 Å². The van der Waals surface area contributed by atoms with E-state index in [0.29, 0.717) is 30.8 Å². The molecule has 0 heterocycles. The average Bonchev–Trinajstić information content (AvgIpc) is 2.34. The van der Waals surface area contributed by atoms with Crippen LogP contribution >= 0.6 is 0 Å². The molecule has 0 radical (unpaired) electrons. The van der Waals surface area contributed by atoms with E-state index in [4.69, 9.17) is 9.47 Å². The van der Waals surface area contributed by atoms with Gasteiger partial charge < -0.3 is 9.47 Å². The number of carbonyl (C=O) groups is 1. The van der Waals surface area contributed by atoms with Gasteiger partial charge in [-0.05, 0) is 36.0 Å². The molecule has 0 amide bonds. The molecule has 20 heavy (non-hydrogen) atoms. The summed E-state index contributed by atoms with van der Waals surface area (Å²) in [6.45, 7) is 11.4. The second kappa shape index (κ2) is 8.05. The van der Waals surface area contributed by atoms with Crippen molar-refractivity contribution < 1.29 is 14.3 Å². The van der Waals surface area contributed by atoms with Gasteiger partial charge in [-0.15, -0.1) is 0 Å². The van der Waals surface area contributed by atoms with Crippen LogP contribution in [-0.2, 0) is 9.53 Å². The first-order chi connectivity index (χ1) is 9.40. The number of carbonyl (C=O) groups excluding carboxylic acids is 1. The molecule has 3 nitrogen and oxygen atoms in total. The zero-order valence-electron chi connectivity index (χ0n) is 13.2. The van der Waals surface area contributed by atoms with Crippen LogP contribution in [0.2, 0.25) is 0 Å². The quantitative estimate of drug-likeness (QED) is 0.428. The highest BCUT2D eigenvalue weighted by atomic mass is 16.5. The van der Waals surface area contributed by atoms with E-state index in [2.05, 4.69) is 27.7 Å². The molecule has 1 aromatic carbocycles. The minimum absolute atomic E-state index is 0.235. The van der Waals surface area contributed by atoms with Crippen LogP contribution in [0.25, 0.3) is 0 Å². The van der Waals surface area contributed by atoms with Crippen molar-refractivity contribution in [2.75, 3.05) is 13.2 Å². The summed E-state index contributed by atoms with van der Waals surface area (Å²) >= 11 is 0. The number of aryl methyl sites for hydroxylation is 1. The van der Waals surface area contributed by atoms with Crippen LogP contribution in [0, 0.1) is 12.8 Å². The lowest BCUT2D eigenvalue weighted by Crippen LogP contribution is -2.14. The van der Waals surface area contributed by atoms with Gasteiger partial charge in [0.1, 0.15) is 5.75 Å². The van der Waals surface area contributed by atoms with Gasteiger partial charge >= 0.3 is 5.97 Å². The molecule has 1 aromatic rings. The second-order valence-corrected chi connectivity index (χ2v) is 5.89. The Morgan fingerprint density at radius 1 is 1.20 bits per heavy atom. The number of hydrogen-bond donors (Lipinski definition) is 0. The van der Waals surface area contributed by atoms with Crippen LogP contribution in [0.1, 0.15) is 51.2 Å². The minimum Gasteiger partial charge on any atom is -0.426 e. The predicted octanol–water partition coefficient (Wildman–Crippen LogP) is 4.09. The summed E-state index contributed by atoms with van der Waals surface area (Å²) < 4.78 is 10.9. The van der Waals surface area contributed by atoms with E-state index in [1.807, 2.05) is 25.1 Å². The van der Waals surface area contributed by atoms with Crippen molar-refractivity contribution >= 4 is 5.97 Å².